The van der Waals surface area contributed by atoms with Gasteiger partial charge in [0.05, 0.1) is 67.7 Å². The van der Waals surface area contributed by atoms with Crippen LogP contribution in [0.1, 0.15) is 71.1 Å². The van der Waals surface area contributed by atoms with E-state index in [1.165, 1.54) is 0 Å². The van der Waals surface area contributed by atoms with Crippen molar-refractivity contribution in [1.82, 2.24) is 46.2 Å². The van der Waals surface area contributed by atoms with Gasteiger partial charge in [-0.1, -0.05) is 6.92 Å². The number of likely N-dealkylation sites (N-methyl/N-ethyl adjacent to an activating group) is 1. The van der Waals surface area contributed by atoms with Crippen LogP contribution < -0.4 is 26.6 Å². The Kier molecular flexibility index (Phi) is 34.0. The van der Waals surface area contributed by atoms with Crippen LogP contribution in [0.4, 0.5) is 0 Å². The molecule has 0 aromatic rings. The Morgan fingerprint density at radius 3 is 1.09 bits per heavy atom. The SMILES string of the molecule is CCCC(=O)NCC(=O)N(CC(=O)NCC(=O)CCC(=O)N(CC(=O)CCCNC(=O)CN(CC(=O)OC)C(=O)CNC(=O)CCC(=O)CN(CC(=O)OC)C(=O)CCC(=O)CNC)CC(=O)OC)CC(=O)OC. The minimum atomic E-state index is -0.911. The third-order valence-corrected chi connectivity index (χ3v) is 10.0. The quantitative estimate of drug-likeness (QED) is 0.0218. The average molecular weight is 1060 g/mol. The number of nitrogens with zero attached hydrogens (tertiary/aromatic N) is 4. The smallest absolute Gasteiger partial charge is 0.325 e. The number of ketones is 4. The molecule has 0 aromatic carbocycles. The monoisotopic (exact) mass is 1060 g/mol. The molecule has 0 heterocycles. The second kappa shape index (κ2) is 38.0. The highest BCUT2D eigenvalue weighted by molar-refractivity contribution is 5.96. The standard InChI is InChI=1S/C45H69N9O20/c1-7-9-34(59)49-20-40(65)54(29-45(70)74-6)25-37(62)48-19-31(56)13-16-39(64)51(26-42(67)71-3)22-32(57)10-8-17-47-36(61)24-53(28-44(69)73-5)41(66)21-50-35(60)14-11-33(58)23-52(27-43(68)72-4)38(63)15-12-30(55)18-46-2/h46H,7-29H2,1-6H3,(H,47,61)(H,48,62)(H,49,59)(H,50,60). The number of carbonyl (C=O) groups is 16. The van der Waals surface area contributed by atoms with E-state index in [0.717, 1.165) is 48.0 Å². The van der Waals surface area contributed by atoms with Crippen molar-refractivity contribution in [2.75, 3.05) is 121 Å². The fraction of sp³-hybridized carbons (Fsp3) is 0.644. The van der Waals surface area contributed by atoms with Crippen LogP contribution in [-0.4, -0.2) is 234 Å². The van der Waals surface area contributed by atoms with Crippen molar-refractivity contribution in [3.8, 4) is 0 Å². The van der Waals surface area contributed by atoms with Crippen molar-refractivity contribution in [2.45, 2.75) is 71.1 Å². The van der Waals surface area contributed by atoms with Crippen LogP contribution in [0.5, 0.6) is 0 Å². The molecule has 0 saturated carbocycles. The maximum Gasteiger partial charge on any atom is 0.325 e. The second-order valence-electron chi connectivity index (χ2n) is 16.0. The van der Waals surface area contributed by atoms with Gasteiger partial charge in [0.1, 0.15) is 45.1 Å². The van der Waals surface area contributed by atoms with Crippen molar-refractivity contribution in [3.05, 3.63) is 0 Å². The van der Waals surface area contributed by atoms with Crippen molar-refractivity contribution in [1.29, 1.82) is 0 Å². The molecule has 414 valence electrons. The van der Waals surface area contributed by atoms with Gasteiger partial charge in [0, 0.05) is 57.9 Å². The van der Waals surface area contributed by atoms with Gasteiger partial charge < -0.3 is 65.1 Å². The molecular formula is C45H69N9O20. The van der Waals surface area contributed by atoms with Crippen LogP contribution >= 0.6 is 0 Å². The van der Waals surface area contributed by atoms with Crippen LogP contribution in [0.2, 0.25) is 0 Å². The van der Waals surface area contributed by atoms with Crippen molar-refractivity contribution >= 4 is 94.3 Å². The summed E-state index contributed by atoms with van der Waals surface area (Å²) < 4.78 is 18.3. The number of methoxy groups -OCH3 is 4. The Bertz CT molecular complexity index is 1890. The molecule has 0 rings (SSSR count). The van der Waals surface area contributed by atoms with E-state index in [-0.39, 0.29) is 51.0 Å². The van der Waals surface area contributed by atoms with E-state index < -0.39 is 186 Å². The summed E-state index contributed by atoms with van der Waals surface area (Å²) >= 11 is 0. The molecule has 8 amide bonds. The minimum absolute atomic E-state index is 0.00381. The first-order valence-electron chi connectivity index (χ1n) is 23.2. The molecular weight excluding hydrogens is 987 g/mol. The van der Waals surface area contributed by atoms with E-state index in [1.807, 2.05) is 0 Å². The zero-order chi connectivity index (χ0) is 56.2. The van der Waals surface area contributed by atoms with Gasteiger partial charge in [-0.3, -0.25) is 76.7 Å². The lowest BCUT2D eigenvalue weighted by molar-refractivity contribution is -0.148. The maximum absolute atomic E-state index is 13.1. The normalized spacial score (nSPS) is 10.3. The lowest BCUT2D eigenvalue weighted by atomic mass is 10.1. The Hall–Kier alpha value is -7.72. The summed E-state index contributed by atoms with van der Waals surface area (Å²) in [5, 5.41) is 12.0. The largest absolute Gasteiger partial charge is 0.468 e. The fourth-order valence-electron chi connectivity index (χ4n) is 5.98. The lowest BCUT2D eigenvalue weighted by Gasteiger charge is -2.22. The fourth-order valence-corrected chi connectivity index (χ4v) is 5.98. The average Bonchev–Trinajstić information content (AvgIpc) is 3.36. The summed E-state index contributed by atoms with van der Waals surface area (Å²) in [5.41, 5.74) is 0. The molecule has 0 aliphatic rings. The number of amides is 8. The molecule has 0 unspecified atom stereocenters. The summed E-state index contributed by atoms with van der Waals surface area (Å²) in [6, 6.07) is 0. The number of hydrogen-bond donors (Lipinski definition) is 5. The van der Waals surface area contributed by atoms with Gasteiger partial charge in [0.2, 0.25) is 47.3 Å². The Morgan fingerprint density at radius 1 is 0.338 bits per heavy atom. The highest BCUT2D eigenvalue weighted by Gasteiger charge is 2.26. The first kappa shape index (κ1) is 66.3. The molecule has 29 heteroatoms. The Balaban J connectivity index is 5.20. The molecule has 0 spiro atoms. The van der Waals surface area contributed by atoms with Crippen LogP contribution in [0.25, 0.3) is 0 Å². The van der Waals surface area contributed by atoms with Crippen LogP contribution in [0.15, 0.2) is 0 Å². The molecule has 5 N–H and O–H groups in total. The molecule has 0 saturated heterocycles. The van der Waals surface area contributed by atoms with E-state index in [4.69, 9.17) is 0 Å². The Morgan fingerprint density at radius 2 is 0.689 bits per heavy atom. The maximum atomic E-state index is 13.1. The van der Waals surface area contributed by atoms with Crippen molar-refractivity contribution < 1.29 is 95.7 Å². The highest BCUT2D eigenvalue weighted by Crippen LogP contribution is 2.05. The molecule has 0 aromatic heterocycles. The van der Waals surface area contributed by atoms with Crippen LogP contribution in [0.3, 0.4) is 0 Å². The summed E-state index contributed by atoms with van der Waals surface area (Å²) in [7, 11) is 5.78. The highest BCUT2D eigenvalue weighted by atomic mass is 16.5. The van der Waals surface area contributed by atoms with E-state index in [9.17, 15) is 76.7 Å². The second-order valence-corrected chi connectivity index (χ2v) is 16.0. The number of Topliss-reactive ketones (excluding diaryl/α,β-unsaturated/α-hetero) is 4. The van der Waals surface area contributed by atoms with Gasteiger partial charge in [-0.25, -0.2) is 0 Å². The zero-order valence-corrected chi connectivity index (χ0v) is 42.7. The van der Waals surface area contributed by atoms with E-state index >= 15 is 0 Å². The number of carbonyl (C=O) groups excluding carboxylic acids is 16. The predicted molar refractivity (Wildman–Crippen MR) is 252 cm³/mol. The zero-order valence-electron chi connectivity index (χ0n) is 42.7. The molecule has 0 fully saturated rings. The van der Waals surface area contributed by atoms with Gasteiger partial charge in [-0.15, -0.1) is 0 Å². The minimum Gasteiger partial charge on any atom is -0.468 e. The topological polar surface area (TPSA) is 383 Å². The van der Waals surface area contributed by atoms with Gasteiger partial charge >= 0.3 is 23.9 Å². The van der Waals surface area contributed by atoms with Gasteiger partial charge in [0.25, 0.3) is 0 Å². The number of hydrogen-bond acceptors (Lipinski definition) is 21. The number of esters is 4. The number of ether oxygens (including phenoxy) is 4. The summed E-state index contributed by atoms with van der Waals surface area (Å²) in [6.45, 7) is -5.26. The van der Waals surface area contributed by atoms with E-state index in [0.29, 0.717) is 6.42 Å². The summed E-state index contributed by atoms with van der Waals surface area (Å²) in [4.78, 5) is 202. The van der Waals surface area contributed by atoms with Crippen LogP contribution in [-0.2, 0) is 95.7 Å². The number of nitrogens with one attached hydrogen (secondary N) is 5. The molecule has 0 atom stereocenters. The Labute approximate surface area is 427 Å². The molecule has 0 aliphatic heterocycles. The molecule has 74 heavy (non-hydrogen) atoms. The van der Waals surface area contributed by atoms with Crippen molar-refractivity contribution in [3.63, 3.8) is 0 Å². The van der Waals surface area contributed by atoms with E-state index in [1.54, 1.807) is 14.0 Å². The third kappa shape index (κ3) is 30.9. The lowest BCUT2D eigenvalue weighted by Crippen LogP contribution is -2.47. The molecule has 0 bridgehead atoms. The van der Waals surface area contributed by atoms with Gasteiger partial charge in [-0.05, 0) is 19.9 Å². The molecule has 0 radical (unpaired) electrons. The van der Waals surface area contributed by atoms with Gasteiger partial charge in [0.15, 0.2) is 17.3 Å². The molecule has 29 nitrogen and oxygen atoms in total. The first-order valence-corrected chi connectivity index (χ1v) is 23.2. The van der Waals surface area contributed by atoms with Gasteiger partial charge in [-0.2, -0.15) is 0 Å². The molecule has 0 aliphatic carbocycles. The first-order chi connectivity index (χ1) is 35.0. The summed E-state index contributed by atoms with van der Waals surface area (Å²) in [6.07, 6.45) is -1.77. The van der Waals surface area contributed by atoms with E-state index in [2.05, 4.69) is 45.5 Å². The summed E-state index contributed by atoms with van der Waals surface area (Å²) in [5.74, 6) is -11.5. The van der Waals surface area contributed by atoms with Crippen LogP contribution in [0, 0.1) is 0 Å². The predicted octanol–water partition coefficient (Wildman–Crippen LogP) is -5.13. The number of rotatable bonds is 39. The van der Waals surface area contributed by atoms with Crippen molar-refractivity contribution in [2.24, 2.45) is 0 Å². The third-order valence-electron chi connectivity index (χ3n) is 10.0.